The van der Waals surface area contributed by atoms with Crippen molar-refractivity contribution in [3.05, 3.63) is 103 Å². The lowest BCUT2D eigenvalue weighted by Crippen LogP contribution is -2.29. The molecule has 4 rings (SSSR count). The van der Waals surface area contributed by atoms with E-state index in [4.69, 9.17) is 0 Å². The number of amides is 1. The lowest BCUT2D eigenvalue weighted by atomic mass is 9.97. The molecule has 0 aliphatic rings. The number of hydrogen-bond acceptors (Lipinski definition) is 5. The summed E-state index contributed by atoms with van der Waals surface area (Å²) in [5.41, 5.74) is 5.55. The summed E-state index contributed by atoms with van der Waals surface area (Å²) in [7, 11) is 1.62. The fourth-order valence-electron chi connectivity index (χ4n) is 3.77. The normalized spacial score (nSPS) is 11.9. The molecule has 0 aliphatic carbocycles. The number of aromatic nitrogens is 3. The number of carbonyl (C=O) groups excluding carboxylic acids is 1. The monoisotopic (exact) mass is 458 g/mol. The minimum Gasteiger partial charge on any atom is -0.340 e. The Balaban J connectivity index is 1.72. The topological polar surface area (TPSA) is 76.9 Å². The van der Waals surface area contributed by atoms with Crippen LogP contribution in [-0.2, 0) is 7.05 Å². The van der Waals surface area contributed by atoms with Crippen molar-refractivity contribution >= 4 is 17.2 Å². The number of hydrogen-bond donors (Lipinski definition) is 1. The number of rotatable bonds is 5. The molecule has 33 heavy (non-hydrogen) atoms. The van der Waals surface area contributed by atoms with Gasteiger partial charge in [-0.05, 0) is 44.4 Å². The first-order chi connectivity index (χ1) is 15.8. The van der Waals surface area contributed by atoms with E-state index in [-0.39, 0.29) is 17.5 Å². The molecule has 1 N–H and O–H groups in total. The Morgan fingerprint density at radius 3 is 2.24 bits per heavy atom. The zero-order valence-corrected chi connectivity index (χ0v) is 20.2. The molecule has 2 aromatic heterocycles. The Morgan fingerprint density at radius 2 is 1.58 bits per heavy atom. The molecular formula is C26H26N4O2S. The fourth-order valence-corrected chi connectivity index (χ4v) is 4.84. The first kappa shape index (κ1) is 22.6. The Labute approximate surface area is 197 Å². The van der Waals surface area contributed by atoms with Gasteiger partial charge in [0, 0.05) is 7.05 Å². The van der Waals surface area contributed by atoms with E-state index in [1.54, 1.807) is 14.0 Å². The summed E-state index contributed by atoms with van der Waals surface area (Å²) in [4.78, 5) is 31.3. The Kier molecular flexibility index (Phi) is 6.24. The highest BCUT2D eigenvalue weighted by molar-refractivity contribution is 7.17. The Morgan fingerprint density at radius 1 is 0.939 bits per heavy atom. The Bertz CT molecular complexity index is 1370. The molecule has 7 heteroatoms. The van der Waals surface area contributed by atoms with Gasteiger partial charge in [-0.2, -0.15) is 5.10 Å². The maximum atomic E-state index is 13.4. The zero-order valence-electron chi connectivity index (χ0n) is 19.3. The second-order valence-corrected chi connectivity index (χ2v) is 9.17. The van der Waals surface area contributed by atoms with Crippen LogP contribution >= 0.6 is 11.3 Å². The van der Waals surface area contributed by atoms with Gasteiger partial charge in [-0.1, -0.05) is 60.2 Å². The number of nitrogens with one attached hydrogen (secondary N) is 1. The summed E-state index contributed by atoms with van der Waals surface area (Å²) in [5.74, 6) is -0.217. The van der Waals surface area contributed by atoms with Crippen molar-refractivity contribution in [3.8, 4) is 10.6 Å². The van der Waals surface area contributed by atoms with Crippen molar-refractivity contribution in [1.82, 2.24) is 20.1 Å². The van der Waals surface area contributed by atoms with Crippen molar-refractivity contribution in [3.63, 3.8) is 0 Å². The molecule has 0 fully saturated rings. The summed E-state index contributed by atoms with van der Waals surface area (Å²) < 4.78 is 1.32. The maximum Gasteiger partial charge on any atom is 0.277 e. The van der Waals surface area contributed by atoms with Gasteiger partial charge in [0.2, 0.25) is 0 Å². The molecule has 4 aromatic rings. The average Bonchev–Trinajstić information content (AvgIpc) is 3.18. The van der Waals surface area contributed by atoms with Crippen LogP contribution in [0.15, 0.2) is 59.4 Å². The Hall–Kier alpha value is -3.58. The molecule has 2 aromatic carbocycles. The predicted molar refractivity (Wildman–Crippen MR) is 132 cm³/mol. The highest BCUT2D eigenvalue weighted by Crippen LogP contribution is 2.30. The largest absolute Gasteiger partial charge is 0.340 e. The van der Waals surface area contributed by atoms with Crippen LogP contribution in [0.5, 0.6) is 0 Å². The molecule has 1 atom stereocenters. The summed E-state index contributed by atoms with van der Waals surface area (Å²) in [6.07, 6.45) is 0. The van der Waals surface area contributed by atoms with Crippen LogP contribution in [0.4, 0.5) is 0 Å². The molecule has 0 aliphatic heterocycles. The van der Waals surface area contributed by atoms with E-state index in [1.807, 2.05) is 75.4 Å². The van der Waals surface area contributed by atoms with Crippen LogP contribution in [0.3, 0.4) is 0 Å². The van der Waals surface area contributed by atoms with Crippen LogP contribution in [0.1, 0.15) is 49.4 Å². The lowest BCUT2D eigenvalue weighted by molar-refractivity contribution is 0.0946. The minimum absolute atomic E-state index is 0.217. The molecule has 0 saturated carbocycles. The van der Waals surface area contributed by atoms with Gasteiger partial charge in [0.15, 0.2) is 0 Å². The lowest BCUT2D eigenvalue weighted by Gasteiger charge is -2.20. The molecule has 1 amide bonds. The molecule has 0 spiro atoms. The highest BCUT2D eigenvalue weighted by atomic mass is 32.1. The van der Waals surface area contributed by atoms with Gasteiger partial charge < -0.3 is 5.32 Å². The molecule has 0 radical (unpaired) electrons. The third kappa shape index (κ3) is 4.50. The van der Waals surface area contributed by atoms with Crippen LogP contribution in [-0.4, -0.2) is 20.7 Å². The van der Waals surface area contributed by atoms with E-state index < -0.39 is 0 Å². The van der Waals surface area contributed by atoms with E-state index in [2.05, 4.69) is 15.4 Å². The van der Waals surface area contributed by atoms with E-state index in [0.717, 1.165) is 27.9 Å². The molecule has 0 bridgehead atoms. The number of thiazole rings is 1. The standard InChI is InChI=1S/C26H26N4O2S/c1-15-11-13-20(14-12-15)22(19-9-7-6-8-10-19)28-24(31)23-18(4)27-25(33-23)21-16(2)17(3)29-30(5)26(21)32/h6-14,22H,1-5H3,(H,28,31). The molecule has 168 valence electrons. The van der Waals surface area contributed by atoms with Gasteiger partial charge in [0.05, 0.1) is 23.0 Å². The number of nitrogens with zero attached hydrogens (tertiary/aromatic N) is 3. The van der Waals surface area contributed by atoms with Crippen LogP contribution < -0.4 is 10.9 Å². The molecule has 2 heterocycles. The van der Waals surface area contributed by atoms with Crippen LogP contribution in [0, 0.1) is 27.7 Å². The van der Waals surface area contributed by atoms with Crippen molar-refractivity contribution in [2.45, 2.75) is 33.7 Å². The predicted octanol–water partition coefficient (Wildman–Crippen LogP) is 4.66. The van der Waals surface area contributed by atoms with Gasteiger partial charge in [0.1, 0.15) is 9.88 Å². The van der Waals surface area contributed by atoms with E-state index >= 15 is 0 Å². The SMILES string of the molecule is Cc1ccc(C(NC(=O)c2sc(-c3c(C)c(C)nn(C)c3=O)nc2C)c2ccccc2)cc1. The quantitative estimate of drug-likeness (QED) is 0.472. The average molecular weight is 459 g/mol. The van der Waals surface area contributed by atoms with Crippen molar-refractivity contribution in [1.29, 1.82) is 0 Å². The molecule has 6 nitrogen and oxygen atoms in total. The van der Waals surface area contributed by atoms with Crippen LogP contribution in [0.25, 0.3) is 10.6 Å². The molecular weight excluding hydrogens is 432 g/mol. The van der Waals surface area contributed by atoms with E-state index in [9.17, 15) is 9.59 Å². The highest BCUT2D eigenvalue weighted by Gasteiger charge is 2.24. The van der Waals surface area contributed by atoms with Crippen molar-refractivity contribution < 1.29 is 4.79 Å². The van der Waals surface area contributed by atoms with Gasteiger partial charge in [0.25, 0.3) is 11.5 Å². The van der Waals surface area contributed by atoms with Crippen molar-refractivity contribution in [2.75, 3.05) is 0 Å². The van der Waals surface area contributed by atoms with Gasteiger partial charge in [-0.25, -0.2) is 9.67 Å². The molecule has 1 unspecified atom stereocenters. The smallest absolute Gasteiger partial charge is 0.277 e. The zero-order chi connectivity index (χ0) is 23.7. The summed E-state index contributed by atoms with van der Waals surface area (Å²) in [5, 5.41) is 7.95. The second-order valence-electron chi connectivity index (χ2n) is 8.18. The van der Waals surface area contributed by atoms with Gasteiger partial charge in [-0.3, -0.25) is 9.59 Å². The van der Waals surface area contributed by atoms with Crippen LogP contribution in [0.2, 0.25) is 0 Å². The fraction of sp³-hybridized carbons (Fsp3) is 0.231. The number of benzene rings is 2. The second kappa shape index (κ2) is 9.11. The van der Waals surface area contributed by atoms with Gasteiger partial charge >= 0.3 is 0 Å². The molecule has 0 saturated heterocycles. The summed E-state index contributed by atoms with van der Waals surface area (Å²) in [6.45, 7) is 7.55. The third-order valence-corrected chi connectivity index (χ3v) is 6.93. The van der Waals surface area contributed by atoms with Gasteiger partial charge in [-0.15, -0.1) is 11.3 Å². The first-order valence-electron chi connectivity index (χ1n) is 10.7. The van der Waals surface area contributed by atoms with E-state index in [1.165, 1.54) is 16.0 Å². The maximum absolute atomic E-state index is 13.4. The van der Waals surface area contributed by atoms with Crippen molar-refractivity contribution in [2.24, 2.45) is 7.05 Å². The first-order valence-corrected chi connectivity index (χ1v) is 11.5. The summed E-state index contributed by atoms with van der Waals surface area (Å²) in [6, 6.07) is 17.7. The summed E-state index contributed by atoms with van der Waals surface area (Å²) >= 11 is 1.24. The number of aryl methyl sites for hydroxylation is 4. The number of carbonyl (C=O) groups is 1. The minimum atomic E-state index is -0.304. The van der Waals surface area contributed by atoms with E-state index in [0.29, 0.717) is 21.1 Å². The third-order valence-electron chi connectivity index (χ3n) is 5.76.